The Morgan fingerprint density at radius 1 is 1.27 bits per heavy atom. The lowest BCUT2D eigenvalue weighted by Gasteiger charge is -1.92. The minimum atomic E-state index is -0.964. The smallest absolute Gasteiger partial charge is 0.0772 e. The zero-order valence-corrected chi connectivity index (χ0v) is 7.17. The van der Waals surface area contributed by atoms with Crippen molar-refractivity contribution >= 4 is 10.8 Å². The molecule has 1 nitrogen and oxygen atoms in total. The molecule has 0 fully saturated rings. The highest BCUT2D eigenvalue weighted by Crippen LogP contribution is 2.05. The first-order valence-electron chi connectivity index (χ1n) is 3.43. The SMILES string of the molecule is C/C=C\S(=O)c1ccccc1. The van der Waals surface area contributed by atoms with E-state index in [2.05, 4.69) is 0 Å². The zero-order chi connectivity index (χ0) is 8.10. The van der Waals surface area contributed by atoms with Crippen molar-refractivity contribution in [3.05, 3.63) is 41.8 Å². The Hall–Kier alpha value is -0.890. The number of benzene rings is 1. The van der Waals surface area contributed by atoms with Crippen molar-refractivity contribution in [3.63, 3.8) is 0 Å². The number of hydrogen-bond acceptors (Lipinski definition) is 1. The van der Waals surface area contributed by atoms with Crippen molar-refractivity contribution in [3.8, 4) is 0 Å². The predicted molar refractivity (Wildman–Crippen MR) is 47.7 cm³/mol. The van der Waals surface area contributed by atoms with Crippen LogP contribution < -0.4 is 0 Å². The van der Waals surface area contributed by atoms with Gasteiger partial charge in [-0.2, -0.15) is 0 Å². The number of hydrogen-bond donors (Lipinski definition) is 0. The number of allylic oxidation sites excluding steroid dienone is 1. The Balaban J connectivity index is 2.86. The van der Waals surface area contributed by atoms with E-state index in [1.54, 1.807) is 11.5 Å². The van der Waals surface area contributed by atoms with Crippen molar-refractivity contribution < 1.29 is 4.21 Å². The van der Waals surface area contributed by atoms with E-state index >= 15 is 0 Å². The molecule has 0 aliphatic rings. The Kier molecular flexibility index (Phi) is 3.05. The van der Waals surface area contributed by atoms with Gasteiger partial charge in [0, 0.05) is 10.3 Å². The summed E-state index contributed by atoms with van der Waals surface area (Å²) in [7, 11) is -0.964. The highest BCUT2D eigenvalue weighted by Gasteiger charge is 1.94. The normalized spacial score (nSPS) is 13.5. The standard InChI is InChI=1S/C9H10OS/c1-2-8-11(10)9-6-4-3-5-7-9/h2-8H,1H3/b8-2-. The first-order chi connectivity index (χ1) is 5.34. The average Bonchev–Trinajstić information content (AvgIpc) is 2.07. The average molecular weight is 166 g/mol. The van der Waals surface area contributed by atoms with Crippen LogP contribution >= 0.6 is 0 Å². The molecule has 0 heterocycles. The summed E-state index contributed by atoms with van der Waals surface area (Å²) in [5.74, 6) is 0. The molecule has 0 saturated heterocycles. The van der Waals surface area contributed by atoms with Crippen molar-refractivity contribution in [2.24, 2.45) is 0 Å². The Bertz CT molecular complexity index is 264. The maximum atomic E-state index is 11.3. The molecular formula is C9H10OS. The first kappa shape index (κ1) is 8.21. The van der Waals surface area contributed by atoms with Crippen LogP contribution in [0.15, 0.2) is 46.7 Å². The minimum Gasteiger partial charge on any atom is -0.250 e. The van der Waals surface area contributed by atoms with Gasteiger partial charge in [-0.1, -0.05) is 24.3 Å². The van der Waals surface area contributed by atoms with Gasteiger partial charge in [-0.25, -0.2) is 4.21 Å². The largest absolute Gasteiger partial charge is 0.250 e. The maximum Gasteiger partial charge on any atom is 0.0772 e. The van der Waals surface area contributed by atoms with Crippen LogP contribution in [-0.4, -0.2) is 4.21 Å². The monoisotopic (exact) mass is 166 g/mol. The van der Waals surface area contributed by atoms with Crippen LogP contribution in [0, 0.1) is 0 Å². The molecule has 2 heteroatoms. The molecule has 0 spiro atoms. The van der Waals surface area contributed by atoms with Crippen molar-refractivity contribution in [1.82, 2.24) is 0 Å². The second kappa shape index (κ2) is 4.09. The van der Waals surface area contributed by atoms with Crippen LogP contribution in [0.25, 0.3) is 0 Å². The summed E-state index contributed by atoms with van der Waals surface area (Å²) in [5, 5.41) is 1.68. The molecule has 11 heavy (non-hydrogen) atoms. The second-order valence-corrected chi connectivity index (χ2v) is 3.42. The first-order valence-corrected chi connectivity index (χ1v) is 4.64. The van der Waals surface area contributed by atoms with Gasteiger partial charge in [0.1, 0.15) is 0 Å². The molecule has 0 bridgehead atoms. The van der Waals surface area contributed by atoms with Crippen LogP contribution in [0.1, 0.15) is 6.92 Å². The molecule has 0 aliphatic heterocycles. The van der Waals surface area contributed by atoms with Gasteiger partial charge in [-0.05, 0) is 19.1 Å². The van der Waals surface area contributed by atoms with Gasteiger partial charge in [0.25, 0.3) is 0 Å². The van der Waals surface area contributed by atoms with Gasteiger partial charge >= 0.3 is 0 Å². The van der Waals surface area contributed by atoms with E-state index in [0.717, 1.165) is 4.90 Å². The Morgan fingerprint density at radius 2 is 1.91 bits per heavy atom. The maximum absolute atomic E-state index is 11.3. The highest BCUT2D eigenvalue weighted by atomic mass is 32.2. The second-order valence-electron chi connectivity index (χ2n) is 2.08. The minimum absolute atomic E-state index is 0.852. The summed E-state index contributed by atoms with van der Waals surface area (Å²) >= 11 is 0. The van der Waals surface area contributed by atoms with Crippen LogP contribution in [0.4, 0.5) is 0 Å². The molecule has 1 aromatic rings. The van der Waals surface area contributed by atoms with E-state index in [9.17, 15) is 4.21 Å². The molecule has 0 N–H and O–H groups in total. The third-order valence-corrected chi connectivity index (χ3v) is 2.49. The molecule has 1 atom stereocenters. The van der Waals surface area contributed by atoms with Crippen molar-refractivity contribution in [2.45, 2.75) is 11.8 Å². The van der Waals surface area contributed by atoms with E-state index in [0.29, 0.717) is 0 Å². The Labute approximate surface area is 69.2 Å². The third kappa shape index (κ3) is 2.31. The van der Waals surface area contributed by atoms with Gasteiger partial charge < -0.3 is 0 Å². The quantitative estimate of drug-likeness (QED) is 0.659. The number of rotatable bonds is 2. The molecular weight excluding hydrogens is 156 g/mol. The molecule has 58 valence electrons. The topological polar surface area (TPSA) is 17.1 Å². The van der Waals surface area contributed by atoms with Gasteiger partial charge in [-0.3, -0.25) is 0 Å². The summed E-state index contributed by atoms with van der Waals surface area (Å²) in [4.78, 5) is 0.852. The summed E-state index contributed by atoms with van der Waals surface area (Å²) in [6, 6.07) is 9.40. The van der Waals surface area contributed by atoms with Crippen LogP contribution in [0.5, 0.6) is 0 Å². The van der Waals surface area contributed by atoms with Crippen molar-refractivity contribution in [2.75, 3.05) is 0 Å². The lowest BCUT2D eigenvalue weighted by atomic mass is 10.4. The van der Waals surface area contributed by atoms with Gasteiger partial charge in [0.15, 0.2) is 0 Å². The molecule has 0 amide bonds. The summed E-state index contributed by atoms with van der Waals surface area (Å²) in [6.07, 6.45) is 1.79. The molecule has 0 aromatic heterocycles. The van der Waals surface area contributed by atoms with E-state index in [4.69, 9.17) is 0 Å². The van der Waals surface area contributed by atoms with E-state index in [1.165, 1.54) is 0 Å². The van der Waals surface area contributed by atoms with E-state index in [-0.39, 0.29) is 0 Å². The summed E-state index contributed by atoms with van der Waals surface area (Å²) < 4.78 is 11.3. The van der Waals surface area contributed by atoms with Crippen LogP contribution in [-0.2, 0) is 10.8 Å². The van der Waals surface area contributed by atoms with Crippen molar-refractivity contribution in [1.29, 1.82) is 0 Å². The molecule has 0 saturated carbocycles. The van der Waals surface area contributed by atoms with Crippen LogP contribution in [0.2, 0.25) is 0 Å². The highest BCUT2D eigenvalue weighted by molar-refractivity contribution is 7.88. The molecule has 1 unspecified atom stereocenters. The fourth-order valence-corrected chi connectivity index (χ4v) is 1.59. The van der Waals surface area contributed by atoms with Gasteiger partial charge in [0.2, 0.25) is 0 Å². The fraction of sp³-hybridized carbons (Fsp3) is 0.111. The van der Waals surface area contributed by atoms with Gasteiger partial charge in [0.05, 0.1) is 10.8 Å². The lowest BCUT2D eigenvalue weighted by Crippen LogP contribution is -1.83. The van der Waals surface area contributed by atoms with Gasteiger partial charge in [-0.15, -0.1) is 0 Å². The summed E-state index contributed by atoms with van der Waals surface area (Å²) in [5.41, 5.74) is 0. The molecule has 1 rings (SSSR count). The fourth-order valence-electron chi connectivity index (χ4n) is 0.757. The van der Waals surface area contributed by atoms with Crippen LogP contribution in [0.3, 0.4) is 0 Å². The zero-order valence-electron chi connectivity index (χ0n) is 6.36. The Morgan fingerprint density at radius 3 is 2.45 bits per heavy atom. The molecule has 0 aliphatic carbocycles. The van der Waals surface area contributed by atoms with E-state index < -0.39 is 10.8 Å². The molecule has 1 aromatic carbocycles. The third-order valence-electron chi connectivity index (χ3n) is 1.24. The summed E-state index contributed by atoms with van der Waals surface area (Å²) in [6.45, 7) is 1.86. The van der Waals surface area contributed by atoms with E-state index in [1.807, 2.05) is 37.3 Å². The lowest BCUT2D eigenvalue weighted by molar-refractivity contribution is 0.688. The predicted octanol–water partition coefficient (Wildman–Crippen LogP) is 2.33. The molecule has 0 radical (unpaired) electrons.